The second-order valence-electron chi connectivity index (χ2n) is 1.80. The molecule has 0 bridgehead atoms. The van der Waals surface area contributed by atoms with Crippen molar-refractivity contribution in [2.45, 2.75) is 6.54 Å². The van der Waals surface area contributed by atoms with Crippen molar-refractivity contribution in [3.63, 3.8) is 0 Å². The molecule has 9 heavy (non-hydrogen) atoms. The van der Waals surface area contributed by atoms with Crippen LogP contribution in [-0.2, 0) is 6.54 Å². The SMILES string of the molecule is N=NCc1ccccc1. The maximum Gasteiger partial charge on any atom is 0.0846 e. The van der Waals surface area contributed by atoms with E-state index in [2.05, 4.69) is 5.11 Å². The monoisotopic (exact) mass is 120 g/mol. The molecule has 1 aromatic rings. The average molecular weight is 120 g/mol. The third-order valence-electron chi connectivity index (χ3n) is 1.10. The Balaban J connectivity index is 2.72. The minimum absolute atomic E-state index is 0.501. The Morgan fingerprint density at radius 1 is 1.22 bits per heavy atom. The van der Waals surface area contributed by atoms with Crippen LogP contribution in [0.15, 0.2) is 35.4 Å². The van der Waals surface area contributed by atoms with Gasteiger partial charge in [0.1, 0.15) is 0 Å². The van der Waals surface area contributed by atoms with Crippen LogP contribution < -0.4 is 0 Å². The molecule has 46 valence electrons. The van der Waals surface area contributed by atoms with Gasteiger partial charge in [0.2, 0.25) is 0 Å². The number of benzene rings is 1. The molecule has 0 aliphatic rings. The van der Waals surface area contributed by atoms with Gasteiger partial charge in [0, 0.05) is 0 Å². The van der Waals surface area contributed by atoms with Crippen LogP contribution in [0.1, 0.15) is 5.56 Å². The topological polar surface area (TPSA) is 36.2 Å². The summed E-state index contributed by atoms with van der Waals surface area (Å²) in [5.41, 5.74) is 7.66. The number of rotatable bonds is 2. The first kappa shape index (κ1) is 5.95. The summed E-state index contributed by atoms with van der Waals surface area (Å²) < 4.78 is 0. The predicted octanol–water partition coefficient (Wildman–Crippen LogP) is 2.22. The molecular formula is C7H8N2. The highest BCUT2D eigenvalue weighted by Gasteiger charge is 1.83. The molecule has 0 amide bonds. The summed E-state index contributed by atoms with van der Waals surface area (Å²) in [5.74, 6) is 0. The van der Waals surface area contributed by atoms with E-state index in [1.807, 2.05) is 30.3 Å². The Kier molecular flexibility index (Phi) is 1.96. The zero-order valence-corrected chi connectivity index (χ0v) is 5.04. The van der Waals surface area contributed by atoms with Gasteiger partial charge in [0.05, 0.1) is 6.54 Å². The summed E-state index contributed by atoms with van der Waals surface area (Å²) in [5, 5.41) is 3.26. The molecule has 0 saturated carbocycles. The number of nitrogens with one attached hydrogen (secondary N) is 1. The van der Waals surface area contributed by atoms with Crippen molar-refractivity contribution in [3.8, 4) is 0 Å². The van der Waals surface area contributed by atoms with Crippen LogP contribution in [0.2, 0.25) is 0 Å². The van der Waals surface area contributed by atoms with Gasteiger partial charge in [-0.15, -0.1) is 0 Å². The highest BCUT2D eigenvalue weighted by molar-refractivity contribution is 5.13. The third-order valence-corrected chi connectivity index (χ3v) is 1.10. The number of hydrogen-bond acceptors (Lipinski definition) is 2. The molecule has 0 unspecified atom stereocenters. The van der Waals surface area contributed by atoms with Gasteiger partial charge < -0.3 is 0 Å². The highest BCUT2D eigenvalue weighted by atomic mass is 14.9. The molecule has 0 atom stereocenters. The molecule has 0 spiro atoms. The van der Waals surface area contributed by atoms with E-state index in [1.54, 1.807) is 0 Å². The van der Waals surface area contributed by atoms with E-state index in [1.165, 1.54) is 0 Å². The van der Waals surface area contributed by atoms with Crippen molar-refractivity contribution in [1.82, 2.24) is 0 Å². The predicted molar refractivity (Wildman–Crippen MR) is 35.3 cm³/mol. The Morgan fingerprint density at radius 2 is 1.89 bits per heavy atom. The molecule has 2 nitrogen and oxygen atoms in total. The van der Waals surface area contributed by atoms with Gasteiger partial charge in [-0.2, -0.15) is 5.11 Å². The third kappa shape index (κ3) is 1.64. The van der Waals surface area contributed by atoms with Crippen molar-refractivity contribution in [3.05, 3.63) is 35.9 Å². The van der Waals surface area contributed by atoms with Crippen LogP contribution in [0.25, 0.3) is 0 Å². The highest BCUT2D eigenvalue weighted by Crippen LogP contribution is 1.98. The van der Waals surface area contributed by atoms with Crippen LogP contribution in [0.3, 0.4) is 0 Å². The van der Waals surface area contributed by atoms with Crippen molar-refractivity contribution in [2.75, 3.05) is 0 Å². The van der Waals surface area contributed by atoms with E-state index in [-0.39, 0.29) is 0 Å². The van der Waals surface area contributed by atoms with Crippen LogP contribution >= 0.6 is 0 Å². The van der Waals surface area contributed by atoms with Crippen molar-refractivity contribution < 1.29 is 0 Å². The first-order chi connectivity index (χ1) is 4.43. The van der Waals surface area contributed by atoms with Gasteiger partial charge >= 0.3 is 0 Å². The summed E-state index contributed by atoms with van der Waals surface area (Å²) in [6.45, 7) is 0.501. The fourth-order valence-electron chi connectivity index (χ4n) is 0.675. The van der Waals surface area contributed by atoms with Crippen LogP contribution in [0, 0.1) is 5.53 Å². The molecule has 1 aromatic carbocycles. The van der Waals surface area contributed by atoms with Gasteiger partial charge in [0.15, 0.2) is 0 Å². The molecular weight excluding hydrogens is 112 g/mol. The van der Waals surface area contributed by atoms with Gasteiger partial charge in [-0.25, -0.2) is 5.53 Å². The van der Waals surface area contributed by atoms with E-state index in [4.69, 9.17) is 5.53 Å². The lowest BCUT2D eigenvalue weighted by Crippen LogP contribution is -1.75. The van der Waals surface area contributed by atoms with Crippen LogP contribution in [0.5, 0.6) is 0 Å². The molecule has 0 saturated heterocycles. The van der Waals surface area contributed by atoms with E-state index in [9.17, 15) is 0 Å². The summed E-state index contributed by atoms with van der Waals surface area (Å²) in [7, 11) is 0. The Bertz CT molecular complexity index is 181. The van der Waals surface area contributed by atoms with Crippen LogP contribution in [-0.4, -0.2) is 0 Å². The smallest absolute Gasteiger partial charge is 0.0846 e. The minimum atomic E-state index is 0.501. The van der Waals surface area contributed by atoms with Crippen molar-refractivity contribution in [2.24, 2.45) is 5.11 Å². The fraction of sp³-hybridized carbons (Fsp3) is 0.143. The van der Waals surface area contributed by atoms with Gasteiger partial charge in [-0.3, -0.25) is 0 Å². The van der Waals surface area contributed by atoms with Crippen LogP contribution in [0.4, 0.5) is 0 Å². The molecule has 0 fully saturated rings. The zero-order valence-electron chi connectivity index (χ0n) is 5.04. The number of nitrogens with zero attached hydrogens (tertiary/aromatic N) is 1. The normalized spacial score (nSPS) is 8.89. The summed E-state index contributed by atoms with van der Waals surface area (Å²) in [6, 6.07) is 9.75. The standard InChI is InChI=1S/C7H8N2/c8-9-6-7-4-2-1-3-5-7/h1-5,8H,6H2. The molecule has 0 heterocycles. The summed E-state index contributed by atoms with van der Waals surface area (Å²) in [4.78, 5) is 0. The second-order valence-corrected chi connectivity index (χ2v) is 1.80. The average Bonchev–Trinajstić information content (AvgIpc) is 1.91. The maximum absolute atomic E-state index is 6.57. The summed E-state index contributed by atoms with van der Waals surface area (Å²) in [6.07, 6.45) is 0. The Labute approximate surface area is 54.0 Å². The molecule has 0 aliphatic carbocycles. The second kappa shape index (κ2) is 2.97. The van der Waals surface area contributed by atoms with Crippen molar-refractivity contribution >= 4 is 0 Å². The lowest BCUT2D eigenvalue weighted by molar-refractivity contribution is 0.908. The lowest BCUT2D eigenvalue weighted by Gasteiger charge is -1.89. The molecule has 0 aliphatic heterocycles. The van der Waals surface area contributed by atoms with Gasteiger partial charge in [0.25, 0.3) is 0 Å². The van der Waals surface area contributed by atoms with E-state index >= 15 is 0 Å². The van der Waals surface area contributed by atoms with E-state index < -0.39 is 0 Å². The fourth-order valence-corrected chi connectivity index (χ4v) is 0.675. The Morgan fingerprint density at radius 3 is 2.44 bits per heavy atom. The molecule has 0 radical (unpaired) electrons. The van der Waals surface area contributed by atoms with Crippen molar-refractivity contribution in [1.29, 1.82) is 5.53 Å². The minimum Gasteiger partial charge on any atom is -0.210 e. The maximum atomic E-state index is 6.57. The Hall–Kier alpha value is -1.18. The lowest BCUT2D eigenvalue weighted by atomic mass is 10.2. The first-order valence-electron chi connectivity index (χ1n) is 2.80. The van der Waals surface area contributed by atoms with E-state index in [0.29, 0.717) is 6.54 Å². The summed E-state index contributed by atoms with van der Waals surface area (Å²) >= 11 is 0. The molecule has 1 rings (SSSR count). The largest absolute Gasteiger partial charge is 0.210 e. The molecule has 2 heteroatoms. The zero-order chi connectivity index (χ0) is 6.53. The molecule has 0 aromatic heterocycles. The first-order valence-corrected chi connectivity index (χ1v) is 2.80. The molecule has 1 N–H and O–H groups in total. The quantitative estimate of drug-likeness (QED) is 0.581. The van der Waals surface area contributed by atoms with E-state index in [0.717, 1.165) is 5.56 Å². The number of hydrogen-bond donors (Lipinski definition) is 1. The van der Waals surface area contributed by atoms with Gasteiger partial charge in [-0.1, -0.05) is 30.3 Å². The van der Waals surface area contributed by atoms with Gasteiger partial charge in [-0.05, 0) is 5.56 Å².